The van der Waals surface area contributed by atoms with E-state index in [9.17, 15) is 0 Å². The zero-order chi connectivity index (χ0) is 15.1. The summed E-state index contributed by atoms with van der Waals surface area (Å²) >= 11 is 3.74. The first kappa shape index (κ1) is 17.8. The topological polar surface area (TPSA) is 28.2 Å². The van der Waals surface area contributed by atoms with Crippen molar-refractivity contribution in [2.45, 2.75) is 46.7 Å². The molecule has 0 saturated heterocycles. The van der Waals surface area contributed by atoms with Gasteiger partial charge in [-0.2, -0.15) is 11.8 Å². The molecule has 20 heavy (non-hydrogen) atoms. The van der Waals surface area contributed by atoms with Crippen LogP contribution < -0.4 is 10.2 Å². The Morgan fingerprint density at radius 3 is 2.65 bits per heavy atom. The van der Waals surface area contributed by atoms with Gasteiger partial charge >= 0.3 is 0 Å². The van der Waals surface area contributed by atoms with Gasteiger partial charge in [-0.15, -0.1) is 11.3 Å². The van der Waals surface area contributed by atoms with Crippen LogP contribution in [0.3, 0.4) is 0 Å². The lowest BCUT2D eigenvalue weighted by Gasteiger charge is -2.26. The molecule has 0 fully saturated rings. The van der Waals surface area contributed by atoms with Gasteiger partial charge in [-0.25, -0.2) is 4.98 Å². The van der Waals surface area contributed by atoms with Crippen molar-refractivity contribution in [3.05, 3.63) is 10.6 Å². The Morgan fingerprint density at radius 2 is 2.10 bits per heavy atom. The van der Waals surface area contributed by atoms with E-state index >= 15 is 0 Å². The first-order valence-electron chi connectivity index (χ1n) is 7.38. The molecule has 116 valence electrons. The summed E-state index contributed by atoms with van der Waals surface area (Å²) in [6.45, 7) is 10.8. The Kier molecular flexibility index (Phi) is 7.92. The van der Waals surface area contributed by atoms with E-state index in [0.717, 1.165) is 30.4 Å². The van der Waals surface area contributed by atoms with Crippen LogP contribution in [0.25, 0.3) is 0 Å². The molecule has 1 aromatic rings. The molecule has 0 saturated carbocycles. The van der Waals surface area contributed by atoms with Gasteiger partial charge in [0.05, 0.1) is 5.69 Å². The number of aromatic nitrogens is 1. The van der Waals surface area contributed by atoms with Gasteiger partial charge in [0.2, 0.25) is 0 Å². The molecule has 0 aliphatic carbocycles. The van der Waals surface area contributed by atoms with E-state index < -0.39 is 0 Å². The molecule has 1 rings (SSSR count). The summed E-state index contributed by atoms with van der Waals surface area (Å²) in [5, 5.41) is 4.67. The maximum Gasteiger partial charge on any atom is 0.185 e. The fourth-order valence-electron chi connectivity index (χ4n) is 2.05. The fraction of sp³-hybridized carbons (Fsp3) is 0.800. The van der Waals surface area contributed by atoms with Crippen molar-refractivity contribution in [3.8, 4) is 0 Å². The highest BCUT2D eigenvalue weighted by Crippen LogP contribution is 2.27. The van der Waals surface area contributed by atoms with Gasteiger partial charge < -0.3 is 10.2 Å². The van der Waals surface area contributed by atoms with E-state index in [-0.39, 0.29) is 0 Å². The van der Waals surface area contributed by atoms with Crippen molar-refractivity contribution in [1.82, 2.24) is 10.3 Å². The normalized spacial score (nSPS) is 12.9. The minimum absolute atomic E-state index is 0.576. The third-order valence-electron chi connectivity index (χ3n) is 3.40. The highest BCUT2D eigenvalue weighted by Gasteiger charge is 2.17. The number of rotatable bonds is 9. The second-order valence-corrected chi connectivity index (χ2v) is 7.63. The summed E-state index contributed by atoms with van der Waals surface area (Å²) in [6.07, 6.45) is 3.34. The van der Waals surface area contributed by atoms with Gasteiger partial charge in [0, 0.05) is 30.3 Å². The third-order valence-corrected chi connectivity index (χ3v) is 5.37. The first-order valence-corrected chi connectivity index (χ1v) is 9.59. The molecule has 1 aromatic heterocycles. The maximum atomic E-state index is 4.75. The quantitative estimate of drug-likeness (QED) is 0.751. The molecule has 0 spiro atoms. The molecule has 3 nitrogen and oxygen atoms in total. The zero-order valence-corrected chi connectivity index (χ0v) is 15.3. The molecule has 5 heteroatoms. The van der Waals surface area contributed by atoms with Crippen LogP contribution in [0.5, 0.6) is 0 Å². The second-order valence-electron chi connectivity index (χ2n) is 5.66. The number of aryl methyl sites for hydroxylation is 1. The van der Waals surface area contributed by atoms with Crippen LogP contribution in [0.15, 0.2) is 0 Å². The third kappa shape index (κ3) is 5.26. The van der Waals surface area contributed by atoms with Crippen LogP contribution in [-0.2, 0) is 6.54 Å². The Bertz CT molecular complexity index is 390. The van der Waals surface area contributed by atoms with Crippen molar-refractivity contribution in [3.63, 3.8) is 0 Å². The number of hydrogen-bond donors (Lipinski definition) is 1. The van der Waals surface area contributed by atoms with Crippen LogP contribution in [0, 0.1) is 12.8 Å². The van der Waals surface area contributed by atoms with Crippen molar-refractivity contribution >= 4 is 28.2 Å². The van der Waals surface area contributed by atoms with Crippen molar-refractivity contribution in [2.75, 3.05) is 30.5 Å². The van der Waals surface area contributed by atoms with Crippen LogP contribution in [-0.4, -0.2) is 36.6 Å². The molecule has 0 aliphatic rings. The minimum atomic E-state index is 0.576. The second kappa shape index (κ2) is 8.90. The molecule has 0 aromatic carbocycles. The van der Waals surface area contributed by atoms with Crippen molar-refractivity contribution < 1.29 is 0 Å². The molecule has 0 bridgehead atoms. The lowest BCUT2D eigenvalue weighted by atomic mass is 10.2. The zero-order valence-electron chi connectivity index (χ0n) is 13.7. The molecular weight excluding hydrogens is 286 g/mol. The van der Waals surface area contributed by atoms with Crippen molar-refractivity contribution in [2.24, 2.45) is 5.92 Å². The van der Waals surface area contributed by atoms with E-state index in [4.69, 9.17) is 4.98 Å². The summed E-state index contributed by atoms with van der Waals surface area (Å²) < 4.78 is 0. The predicted octanol–water partition coefficient (Wildman–Crippen LogP) is 3.77. The molecule has 0 aliphatic heterocycles. The molecule has 1 N–H and O–H groups in total. The van der Waals surface area contributed by atoms with Crippen molar-refractivity contribution in [1.29, 1.82) is 0 Å². The van der Waals surface area contributed by atoms with Gasteiger partial charge in [-0.3, -0.25) is 0 Å². The van der Waals surface area contributed by atoms with Gasteiger partial charge in [0.15, 0.2) is 5.13 Å². The van der Waals surface area contributed by atoms with Gasteiger partial charge in [-0.05, 0) is 32.1 Å². The maximum absolute atomic E-state index is 4.75. The summed E-state index contributed by atoms with van der Waals surface area (Å²) in [5.41, 5.74) is 1.17. The molecule has 1 heterocycles. The Labute approximate surface area is 132 Å². The average molecular weight is 316 g/mol. The Balaban J connectivity index is 2.67. The Hall–Kier alpha value is -0.260. The molecule has 1 unspecified atom stereocenters. The number of hydrogen-bond acceptors (Lipinski definition) is 5. The average Bonchev–Trinajstić information content (AvgIpc) is 2.76. The lowest BCUT2D eigenvalue weighted by Crippen LogP contribution is -2.33. The van der Waals surface area contributed by atoms with Gasteiger partial charge in [0.1, 0.15) is 0 Å². The largest absolute Gasteiger partial charge is 0.347 e. The standard InChI is InChI=1S/C15H29N3S2/c1-7-13(10-19-6)18(5)15-17-12(4)14(20-15)9-16-8-11(2)3/h11,13,16H,7-10H2,1-6H3. The lowest BCUT2D eigenvalue weighted by molar-refractivity contribution is 0.554. The summed E-state index contributed by atoms with van der Waals surface area (Å²) in [6, 6.07) is 0.576. The van der Waals surface area contributed by atoms with Crippen LogP contribution in [0.4, 0.5) is 5.13 Å². The molecule has 0 amide bonds. The summed E-state index contributed by atoms with van der Waals surface area (Å²) in [5.74, 6) is 1.85. The highest BCUT2D eigenvalue weighted by atomic mass is 32.2. The number of thioether (sulfide) groups is 1. The first-order chi connectivity index (χ1) is 9.49. The number of anilines is 1. The van der Waals surface area contributed by atoms with Crippen LogP contribution in [0.1, 0.15) is 37.8 Å². The fourth-order valence-corrected chi connectivity index (χ4v) is 3.96. The van der Waals surface area contributed by atoms with E-state index in [1.54, 1.807) is 0 Å². The summed E-state index contributed by atoms with van der Waals surface area (Å²) in [4.78, 5) is 8.47. The SMILES string of the molecule is CCC(CSC)N(C)c1nc(C)c(CNCC(C)C)s1. The number of thiazole rings is 1. The van der Waals surface area contributed by atoms with Crippen LogP contribution in [0.2, 0.25) is 0 Å². The Morgan fingerprint density at radius 1 is 1.40 bits per heavy atom. The molecule has 1 atom stereocenters. The van der Waals surface area contributed by atoms with Gasteiger partial charge in [0.25, 0.3) is 0 Å². The van der Waals surface area contributed by atoms with E-state index in [0.29, 0.717) is 12.0 Å². The smallest absolute Gasteiger partial charge is 0.185 e. The highest BCUT2D eigenvalue weighted by molar-refractivity contribution is 7.98. The summed E-state index contributed by atoms with van der Waals surface area (Å²) in [7, 11) is 2.17. The minimum Gasteiger partial charge on any atom is -0.347 e. The van der Waals surface area contributed by atoms with E-state index in [2.05, 4.69) is 51.2 Å². The molecular formula is C15H29N3S2. The van der Waals surface area contributed by atoms with Crippen LogP contribution >= 0.6 is 23.1 Å². The number of nitrogens with zero attached hydrogens (tertiary/aromatic N) is 2. The molecule has 0 radical (unpaired) electrons. The van der Waals surface area contributed by atoms with E-state index in [1.807, 2.05) is 23.1 Å². The van der Waals surface area contributed by atoms with E-state index in [1.165, 1.54) is 10.6 Å². The monoisotopic (exact) mass is 315 g/mol. The predicted molar refractivity (Wildman–Crippen MR) is 94.3 cm³/mol. The number of nitrogens with one attached hydrogen (secondary N) is 1. The van der Waals surface area contributed by atoms with Gasteiger partial charge in [-0.1, -0.05) is 20.8 Å².